The van der Waals surface area contributed by atoms with Gasteiger partial charge in [-0.15, -0.1) is 0 Å². The molecule has 7 heteroatoms. The van der Waals surface area contributed by atoms with Crippen molar-refractivity contribution in [3.63, 3.8) is 0 Å². The molecular formula is C18H23F3N4. The SMILES string of the molecule is CCN(CC)CCNCc1cnc(-c2cc(F)c(C)c(F)c2F)nc1. The van der Waals surface area contributed by atoms with Crippen LogP contribution in [0.25, 0.3) is 11.4 Å². The molecule has 0 saturated heterocycles. The van der Waals surface area contributed by atoms with Crippen molar-refractivity contribution >= 4 is 0 Å². The summed E-state index contributed by atoms with van der Waals surface area (Å²) in [5.74, 6) is -3.20. The van der Waals surface area contributed by atoms with E-state index in [1.165, 1.54) is 19.3 Å². The second-order valence-electron chi connectivity index (χ2n) is 5.78. The minimum atomic E-state index is -1.21. The van der Waals surface area contributed by atoms with E-state index in [9.17, 15) is 13.2 Å². The zero-order chi connectivity index (χ0) is 18.4. The van der Waals surface area contributed by atoms with Crippen molar-refractivity contribution in [1.29, 1.82) is 0 Å². The Balaban J connectivity index is 2.01. The number of aromatic nitrogens is 2. The summed E-state index contributed by atoms with van der Waals surface area (Å²) in [6, 6.07) is 0.922. The summed E-state index contributed by atoms with van der Waals surface area (Å²) >= 11 is 0. The molecule has 0 spiro atoms. The van der Waals surface area contributed by atoms with Crippen LogP contribution in [0.3, 0.4) is 0 Å². The Morgan fingerprint density at radius 1 is 1.04 bits per heavy atom. The number of hydrogen-bond donors (Lipinski definition) is 1. The molecule has 1 aromatic carbocycles. The molecule has 0 atom stereocenters. The van der Waals surface area contributed by atoms with E-state index in [2.05, 4.69) is 34.0 Å². The maximum atomic E-state index is 14.0. The summed E-state index contributed by atoms with van der Waals surface area (Å²) in [5.41, 5.74) is 0.189. The Morgan fingerprint density at radius 2 is 1.68 bits per heavy atom. The Hall–Kier alpha value is -1.99. The normalized spacial score (nSPS) is 11.3. The lowest BCUT2D eigenvalue weighted by Gasteiger charge is -2.17. The average molecular weight is 352 g/mol. The number of nitrogens with zero attached hydrogens (tertiary/aromatic N) is 3. The maximum absolute atomic E-state index is 14.0. The second-order valence-corrected chi connectivity index (χ2v) is 5.78. The smallest absolute Gasteiger partial charge is 0.170 e. The highest BCUT2D eigenvalue weighted by molar-refractivity contribution is 5.57. The van der Waals surface area contributed by atoms with Crippen LogP contribution in [0, 0.1) is 24.4 Å². The third-order valence-electron chi connectivity index (χ3n) is 4.16. The summed E-state index contributed by atoms with van der Waals surface area (Å²) in [7, 11) is 0. The highest BCUT2D eigenvalue weighted by Gasteiger charge is 2.18. The molecule has 136 valence electrons. The average Bonchev–Trinajstić information content (AvgIpc) is 2.64. The van der Waals surface area contributed by atoms with Crippen LogP contribution in [0.15, 0.2) is 18.5 Å². The summed E-state index contributed by atoms with van der Waals surface area (Å²) in [6.45, 7) is 9.77. The molecule has 1 heterocycles. The number of rotatable bonds is 8. The standard InChI is InChI=1S/C18H23F3N4/c1-4-25(5-2)7-6-22-9-13-10-23-18(24-11-13)14-8-15(19)12(3)16(20)17(14)21/h8,10-11,22H,4-7,9H2,1-3H3. The molecule has 0 saturated carbocycles. The van der Waals surface area contributed by atoms with Gasteiger partial charge in [-0.2, -0.15) is 0 Å². The van der Waals surface area contributed by atoms with E-state index in [1.807, 2.05) is 0 Å². The van der Waals surface area contributed by atoms with Gasteiger partial charge in [0.05, 0.1) is 5.56 Å². The van der Waals surface area contributed by atoms with Gasteiger partial charge in [-0.25, -0.2) is 23.1 Å². The van der Waals surface area contributed by atoms with Gasteiger partial charge in [-0.3, -0.25) is 0 Å². The van der Waals surface area contributed by atoms with E-state index in [0.29, 0.717) is 6.54 Å². The van der Waals surface area contributed by atoms with Gasteiger partial charge in [0.25, 0.3) is 0 Å². The molecule has 2 rings (SSSR count). The Kier molecular flexibility index (Phi) is 6.90. The first kappa shape index (κ1) is 19.3. The van der Waals surface area contributed by atoms with Gasteiger partial charge in [0.2, 0.25) is 0 Å². The quantitative estimate of drug-likeness (QED) is 0.585. The van der Waals surface area contributed by atoms with Crippen molar-refractivity contribution in [3.05, 3.63) is 47.0 Å². The molecule has 4 nitrogen and oxygen atoms in total. The molecule has 1 aromatic heterocycles. The molecule has 0 amide bonds. The summed E-state index contributed by atoms with van der Waals surface area (Å²) in [4.78, 5) is 10.4. The van der Waals surface area contributed by atoms with E-state index in [0.717, 1.165) is 37.8 Å². The third kappa shape index (κ3) is 4.76. The Morgan fingerprint density at radius 3 is 2.28 bits per heavy atom. The lowest BCUT2D eigenvalue weighted by Crippen LogP contribution is -2.31. The van der Waals surface area contributed by atoms with Gasteiger partial charge < -0.3 is 10.2 Å². The number of nitrogens with one attached hydrogen (secondary N) is 1. The molecule has 0 aliphatic rings. The van der Waals surface area contributed by atoms with E-state index < -0.39 is 17.5 Å². The lowest BCUT2D eigenvalue weighted by molar-refractivity contribution is 0.302. The predicted molar refractivity (Wildman–Crippen MR) is 91.6 cm³/mol. The van der Waals surface area contributed by atoms with Crippen LogP contribution in [-0.4, -0.2) is 41.0 Å². The first-order valence-electron chi connectivity index (χ1n) is 8.36. The Bertz CT molecular complexity index is 700. The third-order valence-corrected chi connectivity index (χ3v) is 4.16. The molecule has 0 bridgehead atoms. The van der Waals surface area contributed by atoms with E-state index in [1.54, 1.807) is 0 Å². The highest BCUT2D eigenvalue weighted by atomic mass is 19.2. The molecule has 0 radical (unpaired) electrons. The first-order valence-corrected chi connectivity index (χ1v) is 8.36. The van der Waals surface area contributed by atoms with Gasteiger partial charge >= 0.3 is 0 Å². The Labute approximate surface area is 146 Å². The van der Waals surface area contributed by atoms with Crippen molar-refractivity contribution in [2.45, 2.75) is 27.3 Å². The fourth-order valence-electron chi connectivity index (χ4n) is 2.44. The van der Waals surface area contributed by atoms with Crippen molar-refractivity contribution in [2.75, 3.05) is 26.2 Å². The van der Waals surface area contributed by atoms with E-state index in [-0.39, 0.29) is 17.0 Å². The predicted octanol–water partition coefficient (Wildman–Crippen LogP) is 3.30. The lowest BCUT2D eigenvalue weighted by atomic mass is 10.1. The van der Waals surface area contributed by atoms with Crippen molar-refractivity contribution in [1.82, 2.24) is 20.2 Å². The van der Waals surface area contributed by atoms with E-state index in [4.69, 9.17) is 0 Å². The molecule has 0 aliphatic carbocycles. The molecule has 0 fully saturated rings. The van der Waals surface area contributed by atoms with Crippen LogP contribution < -0.4 is 5.32 Å². The first-order chi connectivity index (χ1) is 12.0. The summed E-state index contributed by atoms with van der Waals surface area (Å²) < 4.78 is 41.3. The summed E-state index contributed by atoms with van der Waals surface area (Å²) in [5, 5.41) is 3.28. The van der Waals surface area contributed by atoms with Crippen LogP contribution in [0.5, 0.6) is 0 Å². The van der Waals surface area contributed by atoms with Crippen LogP contribution in [0.4, 0.5) is 13.2 Å². The van der Waals surface area contributed by atoms with Crippen LogP contribution in [0.1, 0.15) is 25.0 Å². The number of halogens is 3. The molecular weight excluding hydrogens is 329 g/mol. The highest BCUT2D eigenvalue weighted by Crippen LogP contribution is 2.25. The van der Waals surface area contributed by atoms with Crippen molar-refractivity contribution in [2.24, 2.45) is 0 Å². The number of likely N-dealkylation sites (N-methyl/N-ethyl adjacent to an activating group) is 1. The monoisotopic (exact) mass is 352 g/mol. The molecule has 2 aromatic rings. The number of benzene rings is 1. The van der Waals surface area contributed by atoms with Gasteiger partial charge in [-0.05, 0) is 26.1 Å². The van der Waals surface area contributed by atoms with Gasteiger partial charge in [-0.1, -0.05) is 13.8 Å². The molecule has 0 unspecified atom stereocenters. The van der Waals surface area contributed by atoms with Crippen molar-refractivity contribution < 1.29 is 13.2 Å². The zero-order valence-corrected chi connectivity index (χ0v) is 14.7. The second kappa shape index (κ2) is 8.92. The number of hydrogen-bond acceptors (Lipinski definition) is 4. The minimum Gasteiger partial charge on any atom is -0.311 e. The maximum Gasteiger partial charge on any atom is 0.170 e. The van der Waals surface area contributed by atoms with Gasteiger partial charge in [0, 0.05) is 43.2 Å². The van der Waals surface area contributed by atoms with Crippen molar-refractivity contribution in [3.8, 4) is 11.4 Å². The zero-order valence-electron chi connectivity index (χ0n) is 14.7. The largest absolute Gasteiger partial charge is 0.311 e. The fourth-order valence-corrected chi connectivity index (χ4v) is 2.44. The topological polar surface area (TPSA) is 41.0 Å². The fraction of sp³-hybridized carbons (Fsp3) is 0.444. The molecule has 0 aliphatic heterocycles. The van der Waals surface area contributed by atoms with Crippen LogP contribution >= 0.6 is 0 Å². The van der Waals surface area contributed by atoms with Crippen LogP contribution in [-0.2, 0) is 6.54 Å². The van der Waals surface area contributed by atoms with Gasteiger partial charge in [0.15, 0.2) is 17.5 Å². The van der Waals surface area contributed by atoms with Gasteiger partial charge in [0.1, 0.15) is 5.82 Å². The molecule has 25 heavy (non-hydrogen) atoms. The molecule has 1 N–H and O–H groups in total. The van der Waals surface area contributed by atoms with E-state index >= 15 is 0 Å². The summed E-state index contributed by atoms with van der Waals surface area (Å²) in [6.07, 6.45) is 3.06. The minimum absolute atomic E-state index is 0.0396. The van der Waals surface area contributed by atoms with Crippen LogP contribution in [0.2, 0.25) is 0 Å².